The van der Waals surface area contributed by atoms with Crippen molar-refractivity contribution in [2.75, 3.05) is 11.4 Å². The molecule has 0 fully saturated rings. The van der Waals surface area contributed by atoms with Crippen LogP contribution in [0.15, 0.2) is 18.2 Å². The van der Waals surface area contributed by atoms with Crippen LogP contribution in [-0.4, -0.2) is 12.6 Å². The second kappa shape index (κ2) is 4.10. The smallest absolute Gasteiger partial charge is 0.0453 e. The molecule has 2 rings (SSSR count). The van der Waals surface area contributed by atoms with E-state index in [1.165, 1.54) is 16.8 Å². The Bertz CT molecular complexity index is 382. The van der Waals surface area contributed by atoms with Gasteiger partial charge in [0.2, 0.25) is 0 Å². The predicted octanol–water partition coefficient (Wildman–Crippen LogP) is 3.04. The van der Waals surface area contributed by atoms with Gasteiger partial charge in [-0.05, 0) is 31.9 Å². The maximum atomic E-state index is 6.07. The number of rotatable bonds is 2. The molecule has 88 valence electrons. The fourth-order valence-electron chi connectivity index (χ4n) is 2.63. The quantitative estimate of drug-likeness (QED) is 0.826. The molecule has 2 heteroatoms. The zero-order valence-corrected chi connectivity index (χ0v) is 10.7. The summed E-state index contributed by atoms with van der Waals surface area (Å²) in [6.07, 6.45) is 0. The molecule has 0 saturated carbocycles. The highest BCUT2D eigenvalue weighted by atomic mass is 15.2. The van der Waals surface area contributed by atoms with E-state index in [-0.39, 0.29) is 6.04 Å². The van der Waals surface area contributed by atoms with Crippen molar-refractivity contribution >= 4 is 5.69 Å². The lowest BCUT2D eigenvalue weighted by molar-refractivity contribution is 0.665. The standard InChI is InChI=1S/C14H22N2/c1-9(2)16-8-10(3)12-6-5-7-13(11(4)15)14(12)16/h5-7,9-11H,8,15H2,1-4H3. The lowest BCUT2D eigenvalue weighted by atomic mass is 9.98. The Kier molecular flexibility index (Phi) is 2.94. The zero-order valence-electron chi connectivity index (χ0n) is 10.7. The molecule has 2 N–H and O–H groups in total. The molecular weight excluding hydrogens is 196 g/mol. The van der Waals surface area contributed by atoms with Gasteiger partial charge < -0.3 is 10.6 Å². The molecule has 1 aliphatic rings. The second-order valence-electron chi connectivity index (χ2n) is 5.22. The largest absolute Gasteiger partial charge is 0.368 e. The van der Waals surface area contributed by atoms with Crippen LogP contribution in [0.4, 0.5) is 5.69 Å². The van der Waals surface area contributed by atoms with Crippen molar-refractivity contribution in [2.24, 2.45) is 5.73 Å². The van der Waals surface area contributed by atoms with Crippen LogP contribution in [0.25, 0.3) is 0 Å². The molecule has 16 heavy (non-hydrogen) atoms. The monoisotopic (exact) mass is 218 g/mol. The Labute approximate surface area is 98.4 Å². The SMILES string of the molecule is CC(N)c1cccc2c1N(C(C)C)CC2C. The molecule has 0 spiro atoms. The molecule has 0 aromatic heterocycles. The van der Waals surface area contributed by atoms with E-state index in [1.54, 1.807) is 0 Å². The van der Waals surface area contributed by atoms with Gasteiger partial charge in [-0.1, -0.05) is 25.1 Å². The molecule has 1 aromatic rings. The van der Waals surface area contributed by atoms with E-state index in [2.05, 4.69) is 50.8 Å². The first-order chi connectivity index (χ1) is 7.52. The van der Waals surface area contributed by atoms with Crippen LogP contribution in [0, 0.1) is 0 Å². The summed E-state index contributed by atoms with van der Waals surface area (Å²) in [5, 5.41) is 0. The van der Waals surface area contributed by atoms with E-state index in [0.717, 1.165) is 6.54 Å². The molecule has 1 aromatic carbocycles. The van der Waals surface area contributed by atoms with E-state index < -0.39 is 0 Å². The highest BCUT2D eigenvalue weighted by molar-refractivity contribution is 5.66. The van der Waals surface area contributed by atoms with Crippen molar-refractivity contribution in [3.8, 4) is 0 Å². The average Bonchev–Trinajstić information content (AvgIpc) is 2.56. The van der Waals surface area contributed by atoms with Crippen LogP contribution in [-0.2, 0) is 0 Å². The number of fused-ring (bicyclic) bond motifs is 1. The minimum absolute atomic E-state index is 0.112. The third kappa shape index (κ3) is 1.71. The lowest BCUT2D eigenvalue weighted by Gasteiger charge is -2.27. The van der Waals surface area contributed by atoms with Crippen LogP contribution in [0.1, 0.15) is 50.8 Å². The van der Waals surface area contributed by atoms with Crippen molar-refractivity contribution in [1.29, 1.82) is 0 Å². The summed E-state index contributed by atoms with van der Waals surface area (Å²) in [5.74, 6) is 0.621. The zero-order chi connectivity index (χ0) is 11.9. The number of para-hydroxylation sites is 1. The van der Waals surface area contributed by atoms with Gasteiger partial charge in [-0.25, -0.2) is 0 Å². The van der Waals surface area contributed by atoms with E-state index in [9.17, 15) is 0 Å². The maximum Gasteiger partial charge on any atom is 0.0453 e. The van der Waals surface area contributed by atoms with Gasteiger partial charge in [-0.2, -0.15) is 0 Å². The molecule has 0 aliphatic carbocycles. The molecule has 2 unspecified atom stereocenters. The van der Waals surface area contributed by atoms with Crippen molar-refractivity contribution in [3.63, 3.8) is 0 Å². The number of nitrogens with two attached hydrogens (primary N) is 1. The van der Waals surface area contributed by atoms with Gasteiger partial charge >= 0.3 is 0 Å². The Hall–Kier alpha value is -1.02. The number of hydrogen-bond acceptors (Lipinski definition) is 2. The lowest BCUT2D eigenvalue weighted by Crippen LogP contribution is -2.30. The summed E-state index contributed by atoms with van der Waals surface area (Å²) in [7, 11) is 0. The van der Waals surface area contributed by atoms with Crippen LogP contribution >= 0.6 is 0 Å². The molecule has 0 amide bonds. The Morgan fingerprint density at radius 3 is 2.56 bits per heavy atom. The minimum atomic E-state index is 0.112. The van der Waals surface area contributed by atoms with Gasteiger partial charge in [-0.15, -0.1) is 0 Å². The molecule has 0 bridgehead atoms. The molecule has 0 radical (unpaired) electrons. The van der Waals surface area contributed by atoms with E-state index in [1.807, 2.05) is 0 Å². The molecule has 1 heterocycles. The van der Waals surface area contributed by atoms with Crippen molar-refractivity contribution in [2.45, 2.75) is 45.7 Å². The summed E-state index contributed by atoms with van der Waals surface area (Å²) >= 11 is 0. The minimum Gasteiger partial charge on any atom is -0.368 e. The second-order valence-corrected chi connectivity index (χ2v) is 5.22. The first-order valence-corrected chi connectivity index (χ1v) is 6.17. The van der Waals surface area contributed by atoms with E-state index in [4.69, 9.17) is 5.73 Å². The van der Waals surface area contributed by atoms with Gasteiger partial charge in [-0.3, -0.25) is 0 Å². The van der Waals surface area contributed by atoms with Gasteiger partial charge in [0.1, 0.15) is 0 Å². The third-order valence-electron chi connectivity index (χ3n) is 3.50. The topological polar surface area (TPSA) is 29.3 Å². The summed E-state index contributed by atoms with van der Waals surface area (Å²) in [6, 6.07) is 7.20. The first-order valence-electron chi connectivity index (χ1n) is 6.17. The maximum absolute atomic E-state index is 6.07. The summed E-state index contributed by atoms with van der Waals surface area (Å²) in [4.78, 5) is 2.48. The number of hydrogen-bond donors (Lipinski definition) is 1. The molecule has 2 nitrogen and oxygen atoms in total. The van der Waals surface area contributed by atoms with Gasteiger partial charge in [0, 0.05) is 30.2 Å². The average molecular weight is 218 g/mol. The number of nitrogens with zero attached hydrogens (tertiary/aromatic N) is 1. The summed E-state index contributed by atoms with van der Waals surface area (Å²) in [6.45, 7) is 9.99. The van der Waals surface area contributed by atoms with Gasteiger partial charge in [0.25, 0.3) is 0 Å². The fourth-order valence-corrected chi connectivity index (χ4v) is 2.63. The van der Waals surface area contributed by atoms with Gasteiger partial charge in [0.15, 0.2) is 0 Å². The van der Waals surface area contributed by atoms with Crippen LogP contribution in [0.5, 0.6) is 0 Å². The Morgan fingerprint density at radius 1 is 1.31 bits per heavy atom. The van der Waals surface area contributed by atoms with E-state index >= 15 is 0 Å². The summed E-state index contributed by atoms with van der Waals surface area (Å²) in [5.41, 5.74) is 10.2. The predicted molar refractivity (Wildman–Crippen MR) is 69.9 cm³/mol. The molecular formula is C14H22N2. The number of anilines is 1. The first kappa shape index (κ1) is 11.5. The Balaban J connectivity index is 2.54. The van der Waals surface area contributed by atoms with Crippen molar-refractivity contribution in [1.82, 2.24) is 0 Å². The number of benzene rings is 1. The van der Waals surface area contributed by atoms with Crippen molar-refractivity contribution in [3.05, 3.63) is 29.3 Å². The highest BCUT2D eigenvalue weighted by Gasteiger charge is 2.29. The van der Waals surface area contributed by atoms with Crippen LogP contribution in [0.2, 0.25) is 0 Å². The highest BCUT2D eigenvalue weighted by Crippen LogP contribution is 2.41. The van der Waals surface area contributed by atoms with Crippen LogP contribution in [0.3, 0.4) is 0 Å². The van der Waals surface area contributed by atoms with Crippen molar-refractivity contribution < 1.29 is 0 Å². The molecule has 0 saturated heterocycles. The fraction of sp³-hybridized carbons (Fsp3) is 0.571. The normalized spacial score (nSPS) is 21.4. The third-order valence-corrected chi connectivity index (χ3v) is 3.50. The van der Waals surface area contributed by atoms with E-state index in [0.29, 0.717) is 12.0 Å². The molecule has 2 atom stereocenters. The summed E-state index contributed by atoms with van der Waals surface area (Å²) < 4.78 is 0. The van der Waals surface area contributed by atoms with Gasteiger partial charge in [0.05, 0.1) is 0 Å². The molecule has 1 aliphatic heterocycles. The Morgan fingerprint density at radius 2 is 2.00 bits per heavy atom. The van der Waals surface area contributed by atoms with Crippen LogP contribution < -0.4 is 10.6 Å².